The molecule has 2 atom stereocenters. The molecule has 0 N–H and O–H groups in total. The van der Waals surface area contributed by atoms with Crippen molar-refractivity contribution in [3.63, 3.8) is 0 Å². The van der Waals surface area contributed by atoms with Gasteiger partial charge >= 0.3 is 0 Å². The van der Waals surface area contributed by atoms with Gasteiger partial charge < -0.3 is 0 Å². The van der Waals surface area contributed by atoms with E-state index in [0.29, 0.717) is 22.9 Å². The summed E-state index contributed by atoms with van der Waals surface area (Å²) in [7, 11) is 0. The highest BCUT2D eigenvalue weighted by molar-refractivity contribution is 5.82. The first-order valence-corrected chi connectivity index (χ1v) is 28.1. The molecule has 0 radical (unpaired) electrons. The van der Waals surface area contributed by atoms with Crippen molar-refractivity contribution in [1.82, 2.24) is 19.9 Å². The van der Waals surface area contributed by atoms with Crippen LogP contribution in [0.3, 0.4) is 0 Å². The average molecular weight is 1070 g/mol. The van der Waals surface area contributed by atoms with Crippen molar-refractivity contribution in [2.45, 2.75) is 11.8 Å². The van der Waals surface area contributed by atoms with Crippen molar-refractivity contribution in [3.05, 3.63) is 329 Å². The van der Waals surface area contributed by atoms with Gasteiger partial charge in [-0.25, -0.2) is 24.8 Å². The van der Waals surface area contributed by atoms with E-state index in [2.05, 4.69) is 205 Å². The molecule has 2 unspecified atom stereocenters. The van der Waals surface area contributed by atoms with Gasteiger partial charge in [0.05, 0.1) is 41.0 Å². The zero-order valence-corrected chi connectivity index (χ0v) is 45.4. The van der Waals surface area contributed by atoms with Crippen LogP contribution in [-0.2, 0) is 0 Å². The summed E-state index contributed by atoms with van der Waals surface area (Å²) in [5, 5.41) is 9.33. The molecule has 0 spiro atoms. The highest BCUT2D eigenvalue weighted by Gasteiger charge is 2.41. The standard InChI is InChI=1S/C78H48N6/c1-80-64-38-34-53(35-39-64)52-28-32-55(33-29-52)72-47-74(84-78(82-72)57-14-6-3-7-15-57)63-19-11-17-59(43-63)61-37-41-68-70(45-61)76-66-21-9-8-20-65(66)75(68)69-44-60(36-40-67(69)76)58-16-10-18-62(42-58)73-46-71(81-77(83-73)56-12-4-2-5-13-56)54-30-26-51(27-31-54)50-24-22-49(48-79)23-25-50/h2-47,75-76H. The predicted molar refractivity (Wildman–Crippen MR) is 338 cm³/mol. The molecule has 0 fully saturated rings. The minimum absolute atomic E-state index is 0.0796. The minimum atomic E-state index is 0.0796. The minimum Gasteiger partial charge on any atom is -0.238 e. The SMILES string of the molecule is [C-]#[N+]c1ccc(-c2ccc(-c3cc(-c4cccc(-c5ccc6c(c5)C5c7ccccc7C6c6cc(-c7cccc(-c8cc(-c9ccc(-c%10ccc(C#N)cc%10)cc9)nc(-c9ccccc9)n8)c7)ccc65)c4)nc(-c4ccccc4)n3)cc2)cc1. The fraction of sp³-hybridized carbons (Fsp3) is 0.0256. The molecule has 0 saturated heterocycles. The summed E-state index contributed by atoms with van der Waals surface area (Å²) < 4.78 is 0. The molecule has 390 valence electrons. The molecular weight excluding hydrogens is 1020 g/mol. The van der Waals surface area contributed by atoms with Crippen LogP contribution in [0.15, 0.2) is 279 Å². The predicted octanol–water partition coefficient (Wildman–Crippen LogP) is 19.3. The van der Waals surface area contributed by atoms with E-state index < -0.39 is 0 Å². The van der Waals surface area contributed by atoms with Crippen LogP contribution in [0.25, 0.3) is 117 Å². The normalized spacial score (nSPS) is 13.5. The van der Waals surface area contributed by atoms with Gasteiger partial charge in [0.2, 0.25) is 0 Å². The van der Waals surface area contributed by atoms with Crippen LogP contribution in [0.5, 0.6) is 0 Å². The lowest BCUT2D eigenvalue weighted by molar-refractivity contribution is 0.755. The van der Waals surface area contributed by atoms with Crippen LogP contribution in [0.1, 0.15) is 50.8 Å². The summed E-state index contributed by atoms with van der Waals surface area (Å²) >= 11 is 0. The molecule has 13 aromatic rings. The van der Waals surface area contributed by atoms with Crippen LogP contribution in [0.4, 0.5) is 5.69 Å². The Bertz CT molecular complexity index is 4460. The van der Waals surface area contributed by atoms with E-state index in [4.69, 9.17) is 26.5 Å². The lowest BCUT2D eigenvalue weighted by Gasteiger charge is -2.42. The summed E-state index contributed by atoms with van der Waals surface area (Å²) in [5.74, 6) is 1.50. The monoisotopic (exact) mass is 1070 g/mol. The Labute approximate surface area is 487 Å². The second-order valence-corrected chi connectivity index (χ2v) is 21.5. The lowest BCUT2D eigenvalue weighted by atomic mass is 9.60. The Balaban J connectivity index is 0.754. The Morgan fingerprint density at radius 1 is 0.274 bits per heavy atom. The molecule has 11 aromatic carbocycles. The number of hydrogen-bond acceptors (Lipinski definition) is 5. The van der Waals surface area contributed by atoms with E-state index >= 15 is 0 Å². The fourth-order valence-corrected chi connectivity index (χ4v) is 12.3. The van der Waals surface area contributed by atoms with Crippen molar-refractivity contribution in [2.24, 2.45) is 0 Å². The Hall–Kier alpha value is -11.4. The topological polar surface area (TPSA) is 79.7 Å². The van der Waals surface area contributed by atoms with Gasteiger partial charge in [-0.1, -0.05) is 231 Å². The Morgan fingerprint density at radius 3 is 1.01 bits per heavy atom. The van der Waals surface area contributed by atoms with E-state index in [1.165, 1.54) is 33.4 Å². The van der Waals surface area contributed by atoms with Gasteiger partial charge in [-0.2, -0.15) is 5.26 Å². The second kappa shape index (κ2) is 20.9. The average Bonchev–Trinajstić information content (AvgIpc) is 0.902. The van der Waals surface area contributed by atoms with Gasteiger partial charge in [0, 0.05) is 45.2 Å². The molecule has 0 amide bonds. The maximum absolute atomic E-state index is 9.33. The van der Waals surface area contributed by atoms with Gasteiger partial charge in [-0.3, -0.25) is 0 Å². The quantitative estimate of drug-likeness (QED) is 0.128. The van der Waals surface area contributed by atoms with E-state index in [1.54, 1.807) is 0 Å². The van der Waals surface area contributed by atoms with Crippen molar-refractivity contribution in [1.29, 1.82) is 5.26 Å². The van der Waals surface area contributed by atoms with Gasteiger partial charge in [0.1, 0.15) is 0 Å². The van der Waals surface area contributed by atoms with Crippen LogP contribution in [0.2, 0.25) is 0 Å². The Morgan fingerprint density at radius 2 is 0.595 bits per heavy atom. The zero-order valence-electron chi connectivity index (χ0n) is 45.4. The van der Waals surface area contributed by atoms with E-state index in [1.807, 2.05) is 84.9 Å². The summed E-state index contributed by atoms with van der Waals surface area (Å²) in [6.07, 6.45) is 0. The first-order valence-electron chi connectivity index (χ1n) is 28.1. The molecule has 84 heavy (non-hydrogen) atoms. The number of hydrogen-bond donors (Lipinski definition) is 0. The smallest absolute Gasteiger partial charge is 0.187 e. The molecule has 0 aliphatic heterocycles. The Kier molecular flexibility index (Phi) is 12.3. The molecule has 16 rings (SSSR count). The van der Waals surface area contributed by atoms with Gasteiger partial charge in [0.15, 0.2) is 17.3 Å². The highest BCUT2D eigenvalue weighted by Crippen LogP contribution is 2.57. The summed E-state index contributed by atoms with van der Waals surface area (Å²) in [4.78, 5) is 24.2. The van der Waals surface area contributed by atoms with Crippen LogP contribution in [-0.4, -0.2) is 19.9 Å². The van der Waals surface area contributed by atoms with Gasteiger partial charge in [0.25, 0.3) is 0 Å². The number of benzene rings is 11. The summed E-state index contributed by atoms with van der Waals surface area (Å²) in [6, 6.07) is 99.9. The van der Waals surface area contributed by atoms with E-state index in [0.717, 1.165) is 101 Å². The van der Waals surface area contributed by atoms with Crippen molar-refractivity contribution < 1.29 is 0 Å². The largest absolute Gasteiger partial charge is 0.238 e. The first-order chi connectivity index (χ1) is 41.5. The number of rotatable bonds is 10. The van der Waals surface area contributed by atoms with Crippen molar-refractivity contribution in [3.8, 4) is 118 Å². The molecule has 0 saturated carbocycles. The molecular formula is C78H48N6. The van der Waals surface area contributed by atoms with Crippen LogP contribution < -0.4 is 0 Å². The second-order valence-electron chi connectivity index (χ2n) is 21.5. The summed E-state index contributed by atoms with van der Waals surface area (Å²) in [6.45, 7) is 7.36. The third-order valence-electron chi connectivity index (χ3n) is 16.6. The van der Waals surface area contributed by atoms with E-state index in [9.17, 15) is 5.26 Å². The van der Waals surface area contributed by atoms with Crippen LogP contribution >= 0.6 is 0 Å². The molecule has 2 bridgehead atoms. The molecule has 3 aliphatic carbocycles. The molecule has 3 aliphatic rings. The highest BCUT2D eigenvalue weighted by atomic mass is 14.9. The van der Waals surface area contributed by atoms with Crippen molar-refractivity contribution >= 4 is 5.69 Å². The molecule has 6 heteroatoms. The van der Waals surface area contributed by atoms with Gasteiger partial charge in [-0.05, 0) is 126 Å². The number of aromatic nitrogens is 4. The molecule has 2 aromatic heterocycles. The maximum Gasteiger partial charge on any atom is 0.187 e. The first kappa shape index (κ1) is 49.6. The number of nitriles is 1. The van der Waals surface area contributed by atoms with Crippen molar-refractivity contribution in [2.75, 3.05) is 0 Å². The van der Waals surface area contributed by atoms with Gasteiger partial charge in [-0.15, -0.1) is 0 Å². The third-order valence-corrected chi connectivity index (χ3v) is 16.6. The maximum atomic E-state index is 9.33. The lowest BCUT2D eigenvalue weighted by Crippen LogP contribution is -2.27. The summed E-state index contributed by atoms with van der Waals surface area (Å²) in [5.41, 5.74) is 27.5. The molecule has 6 nitrogen and oxygen atoms in total. The zero-order chi connectivity index (χ0) is 56.1. The fourth-order valence-electron chi connectivity index (χ4n) is 12.3. The molecule has 2 heterocycles. The number of nitrogens with zero attached hydrogens (tertiary/aromatic N) is 6. The third kappa shape index (κ3) is 9.11. The van der Waals surface area contributed by atoms with E-state index in [-0.39, 0.29) is 11.8 Å². The van der Waals surface area contributed by atoms with Crippen LogP contribution in [0, 0.1) is 17.9 Å².